The molecule has 0 saturated carbocycles. The second-order valence-corrected chi connectivity index (χ2v) is 2.95. The van der Waals surface area contributed by atoms with Crippen molar-refractivity contribution >= 4 is 11.6 Å². The molecule has 1 atom stereocenters. The van der Waals surface area contributed by atoms with Crippen molar-refractivity contribution in [1.82, 2.24) is 0 Å². The van der Waals surface area contributed by atoms with Gasteiger partial charge < -0.3 is 5.11 Å². The SMILES string of the molecule is C#CCC(O)c1cccc(F)c1Cl. The lowest BCUT2D eigenvalue weighted by molar-refractivity contribution is 0.183. The van der Waals surface area contributed by atoms with Gasteiger partial charge in [0.15, 0.2) is 0 Å². The molecule has 0 bridgehead atoms. The molecule has 0 spiro atoms. The highest BCUT2D eigenvalue weighted by molar-refractivity contribution is 6.31. The van der Waals surface area contributed by atoms with Gasteiger partial charge in [0.2, 0.25) is 0 Å². The Morgan fingerprint density at radius 3 is 2.92 bits per heavy atom. The molecule has 3 heteroatoms. The van der Waals surface area contributed by atoms with Crippen LogP contribution in [0.25, 0.3) is 0 Å². The van der Waals surface area contributed by atoms with Crippen LogP contribution in [0.15, 0.2) is 18.2 Å². The lowest BCUT2D eigenvalue weighted by atomic mass is 10.1. The van der Waals surface area contributed by atoms with E-state index < -0.39 is 11.9 Å². The van der Waals surface area contributed by atoms with Gasteiger partial charge in [0.05, 0.1) is 11.1 Å². The van der Waals surface area contributed by atoms with Crippen molar-refractivity contribution in [3.05, 3.63) is 34.6 Å². The summed E-state index contributed by atoms with van der Waals surface area (Å²) in [5.74, 6) is 1.74. The maximum Gasteiger partial charge on any atom is 0.142 e. The molecule has 1 nitrogen and oxygen atoms in total. The smallest absolute Gasteiger partial charge is 0.142 e. The van der Waals surface area contributed by atoms with E-state index in [1.165, 1.54) is 12.1 Å². The minimum Gasteiger partial charge on any atom is -0.387 e. The van der Waals surface area contributed by atoms with Crippen LogP contribution in [0.5, 0.6) is 0 Å². The number of rotatable bonds is 2. The minimum atomic E-state index is -0.895. The second kappa shape index (κ2) is 4.27. The average Bonchev–Trinajstić information content (AvgIpc) is 2.10. The standard InChI is InChI=1S/C10H8ClFO/c1-2-4-9(13)7-5-3-6-8(12)10(7)11/h1,3,5-6,9,13H,4H2. The maximum atomic E-state index is 12.9. The third-order valence-corrected chi connectivity index (χ3v) is 2.05. The van der Waals surface area contributed by atoms with Crippen molar-refractivity contribution in [2.75, 3.05) is 0 Å². The summed E-state index contributed by atoms with van der Waals surface area (Å²) in [4.78, 5) is 0. The van der Waals surface area contributed by atoms with Crippen molar-refractivity contribution in [2.45, 2.75) is 12.5 Å². The van der Waals surface area contributed by atoms with Crippen LogP contribution in [0.3, 0.4) is 0 Å². The Hall–Kier alpha value is -1.04. The fourth-order valence-corrected chi connectivity index (χ4v) is 1.25. The van der Waals surface area contributed by atoms with Crippen LogP contribution in [0, 0.1) is 18.2 Å². The average molecular weight is 199 g/mol. The maximum absolute atomic E-state index is 12.9. The Bertz CT molecular complexity index is 343. The Morgan fingerprint density at radius 1 is 1.62 bits per heavy atom. The molecule has 1 N–H and O–H groups in total. The highest BCUT2D eigenvalue weighted by Gasteiger charge is 2.12. The van der Waals surface area contributed by atoms with E-state index in [0.29, 0.717) is 5.56 Å². The Morgan fingerprint density at radius 2 is 2.31 bits per heavy atom. The van der Waals surface area contributed by atoms with Gasteiger partial charge in [-0.2, -0.15) is 0 Å². The molecule has 0 aliphatic rings. The molecular weight excluding hydrogens is 191 g/mol. The zero-order valence-electron chi connectivity index (χ0n) is 6.80. The van der Waals surface area contributed by atoms with Gasteiger partial charge in [-0.25, -0.2) is 4.39 Å². The molecular formula is C10H8ClFO. The fraction of sp³-hybridized carbons (Fsp3) is 0.200. The first-order valence-electron chi connectivity index (χ1n) is 3.72. The Labute approximate surface area is 81.2 Å². The topological polar surface area (TPSA) is 20.2 Å². The molecule has 0 radical (unpaired) electrons. The summed E-state index contributed by atoms with van der Waals surface area (Å²) in [6.07, 6.45) is 4.24. The number of aliphatic hydroxyl groups is 1. The molecule has 0 fully saturated rings. The number of benzene rings is 1. The second-order valence-electron chi connectivity index (χ2n) is 2.57. The molecule has 0 saturated heterocycles. The van der Waals surface area contributed by atoms with E-state index in [1.54, 1.807) is 6.07 Å². The minimum absolute atomic E-state index is 0.0646. The summed E-state index contributed by atoms with van der Waals surface area (Å²) in [6, 6.07) is 4.26. The van der Waals surface area contributed by atoms with E-state index >= 15 is 0 Å². The van der Waals surface area contributed by atoms with Crippen molar-refractivity contribution in [3.8, 4) is 12.3 Å². The van der Waals surface area contributed by atoms with Crippen molar-refractivity contribution in [1.29, 1.82) is 0 Å². The first-order chi connectivity index (χ1) is 6.16. The molecule has 1 aromatic rings. The van der Waals surface area contributed by atoms with Crippen LogP contribution in [0.4, 0.5) is 4.39 Å². The van der Waals surface area contributed by atoms with Gasteiger partial charge in [0.1, 0.15) is 5.82 Å². The number of aliphatic hydroxyl groups excluding tert-OH is 1. The van der Waals surface area contributed by atoms with Crippen LogP contribution < -0.4 is 0 Å². The predicted octanol–water partition coefficient (Wildman–Crippen LogP) is 2.54. The lowest BCUT2D eigenvalue weighted by Crippen LogP contribution is -1.98. The number of hydrogen-bond acceptors (Lipinski definition) is 1. The monoisotopic (exact) mass is 198 g/mol. The summed E-state index contributed by atoms with van der Waals surface area (Å²) < 4.78 is 12.9. The van der Waals surface area contributed by atoms with Crippen LogP contribution in [0.2, 0.25) is 5.02 Å². The molecule has 0 aromatic heterocycles. The molecule has 0 amide bonds. The van der Waals surface area contributed by atoms with Crippen molar-refractivity contribution in [3.63, 3.8) is 0 Å². The van der Waals surface area contributed by atoms with E-state index in [-0.39, 0.29) is 11.4 Å². The molecule has 1 unspecified atom stereocenters. The summed E-state index contributed by atoms with van der Waals surface area (Å²) in [6.45, 7) is 0. The quantitative estimate of drug-likeness (QED) is 0.725. The number of hydrogen-bond donors (Lipinski definition) is 1. The zero-order chi connectivity index (χ0) is 9.84. The van der Waals surface area contributed by atoms with Gasteiger partial charge >= 0.3 is 0 Å². The van der Waals surface area contributed by atoms with Crippen LogP contribution in [-0.4, -0.2) is 5.11 Å². The molecule has 0 aliphatic carbocycles. The van der Waals surface area contributed by atoms with E-state index in [0.717, 1.165) is 0 Å². The van der Waals surface area contributed by atoms with E-state index in [1.807, 2.05) is 0 Å². The summed E-state index contributed by atoms with van der Waals surface area (Å²) in [5.41, 5.74) is 0.333. The molecule has 1 aromatic carbocycles. The van der Waals surface area contributed by atoms with E-state index in [9.17, 15) is 9.50 Å². The lowest BCUT2D eigenvalue weighted by Gasteiger charge is -2.09. The molecule has 1 rings (SSSR count). The van der Waals surface area contributed by atoms with E-state index in [4.69, 9.17) is 18.0 Å². The fourth-order valence-electron chi connectivity index (χ4n) is 0.999. The van der Waals surface area contributed by atoms with Crippen molar-refractivity contribution < 1.29 is 9.50 Å². The van der Waals surface area contributed by atoms with Gasteiger partial charge in [-0.3, -0.25) is 0 Å². The van der Waals surface area contributed by atoms with Gasteiger partial charge in [-0.15, -0.1) is 12.3 Å². The number of terminal acetylenes is 1. The van der Waals surface area contributed by atoms with Gasteiger partial charge in [-0.1, -0.05) is 23.7 Å². The zero-order valence-corrected chi connectivity index (χ0v) is 7.55. The first kappa shape index (κ1) is 10.0. The summed E-state index contributed by atoms with van der Waals surface area (Å²) >= 11 is 5.62. The molecule has 68 valence electrons. The summed E-state index contributed by atoms with van der Waals surface area (Å²) in [7, 11) is 0. The van der Waals surface area contributed by atoms with Gasteiger partial charge in [-0.05, 0) is 6.07 Å². The first-order valence-corrected chi connectivity index (χ1v) is 4.10. The molecule has 0 aliphatic heterocycles. The van der Waals surface area contributed by atoms with Gasteiger partial charge in [0, 0.05) is 12.0 Å². The van der Waals surface area contributed by atoms with Crippen LogP contribution in [0.1, 0.15) is 18.1 Å². The third kappa shape index (κ3) is 2.21. The normalized spacial score (nSPS) is 12.2. The predicted molar refractivity (Wildman–Crippen MR) is 49.8 cm³/mol. The van der Waals surface area contributed by atoms with E-state index in [2.05, 4.69) is 5.92 Å². The number of halogens is 2. The van der Waals surface area contributed by atoms with Crippen LogP contribution in [-0.2, 0) is 0 Å². The summed E-state index contributed by atoms with van der Waals surface area (Å²) in [5, 5.41) is 9.37. The highest BCUT2D eigenvalue weighted by Crippen LogP contribution is 2.26. The molecule has 0 heterocycles. The Balaban J connectivity index is 3.02. The largest absolute Gasteiger partial charge is 0.387 e. The third-order valence-electron chi connectivity index (χ3n) is 1.65. The molecule has 13 heavy (non-hydrogen) atoms. The Kier molecular flexibility index (Phi) is 3.30. The van der Waals surface area contributed by atoms with Gasteiger partial charge in [0.25, 0.3) is 0 Å². The highest BCUT2D eigenvalue weighted by atomic mass is 35.5. The van der Waals surface area contributed by atoms with Crippen molar-refractivity contribution in [2.24, 2.45) is 0 Å². The van der Waals surface area contributed by atoms with Crippen LogP contribution >= 0.6 is 11.6 Å².